The molecular weight excluding hydrogens is 436 g/mol. The summed E-state index contributed by atoms with van der Waals surface area (Å²) in [7, 11) is 1.89. The summed E-state index contributed by atoms with van der Waals surface area (Å²) in [5, 5.41) is 2.46. The minimum absolute atomic E-state index is 0.695. The number of aryl methyl sites for hydroxylation is 3. The lowest BCUT2D eigenvalue weighted by Gasteiger charge is -2.23. The number of hydrogen-bond acceptors (Lipinski definition) is 2. The Bertz CT molecular complexity index is 1150. The molecule has 1 aromatic heterocycles. The summed E-state index contributed by atoms with van der Waals surface area (Å²) in [5.41, 5.74) is 8.27. The molecule has 0 aliphatic heterocycles. The van der Waals surface area contributed by atoms with Crippen LogP contribution in [0.25, 0.3) is 10.8 Å². The third kappa shape index (κ3) is 7.28. The van der Waals surface area contributed by atoms with Gasteiger partial charge in [0.15, 0.2) is 0 Å². The Morgan fingerprint density at radius 1 is 0.972 bits per heavy atom. The normalized spacial score (nSPS) is 15.5. The van der Waals surface area contributed by atoms with E-state index in [2.05, 4.69) is 84.0 Å². The Labute approximate surface area is 220 Å². The van der Waals surface area contributed by atoms with Crippen molar-refractivity contribution in [2.24, 2.45) is 10.9 Å². The maximum atomic E-state index is 4.93. The Kier molecular flexibility index (Phi) is 10.7. The Morgan fingerprint density at radius 3 is 2.39 bits per heavy atom. The summed E-state index contributed by atoms with van der Waals surface area (Å²) >= 11 is 0. The van der Waals surface area contributed by atoms with Crippen LogP contribution in [0.4, 0.5) is 0 Å². The minimum atomic E-state index is 0.695. The number of pyridine rings is 1. The van der Waals surface area contributed by atoms with Gasteiger partial charge in [-0.25, -0.2) is 0 Å². The number of fused-ring (bicyclic) bond motifs is 1. The fourth-order valence-electron chi connectivity index (χ4n) is 5.39. The predicted molar refractivity (Wildman–Crippen MR) is 159 cm³/mol. The van der Waals surface area contributed by atoms with Crippen LogP contribution in [0.15, 0.2) is 47.5 Å². The van der Waals surface area contributed by atoms with Crippen molar-refractivity contribution >= 4 is 16.5 Å². The molecule has 1 fully saturated rings. The fourth-order valence-corrected chi connectivity index (χ4v) is 5.39. The lowest BCUT2D eigenvalue weighted by atomic mass is 9.82. The van der Waals surface area contributed by atoms with E-state index < -0.39 is 0 Å². The number of benzene rings is 2. The van der Waals surface area contributed by atoms with Crippen molar-refractivity contribution in [2.45, 2.75) is 105 Å². The molecule has 0 N–H and O–H groups in total. The van der Waals surface area contributed by atoms with Crippen LogP contribution in [0.1, 0.15) is 118 Å². The summed E-state index contributed by atoms with van der Waals surface area (Å²) < 4.78 is 0. The standard InChI is InChI=1S/C26H30N2.C8H18/c1-17-10-13-23-19(3)28-25(16-22(23)14-17)26(27-4)24-15-21(12-11-18(24)2)20-8-6-5-7-9-20;1-4-6-7-8(3)5-2/h10-16,20H,5-9H2,1-4H3;8H,4-7H2,1-3H3/t;8-/m.1/s1. The molecule has 2 nitrogen and oxygen atoms in total. The summed E-state index contributed by atoms with van der Waals surface area (Å²) in [6.07, 6.45) is 12.3. The zero-order chi connectivity index (χ0) is 26.1. The highest BCUT2D eigenvalue weighted by Crippen LogP contribution is 2.34. The number of rotatable bonds is 7. The molecule has 1 aliphatic carbocycles. The number of hydrogen-bond donors (Lipinski definition) is 0. The number of nitrogens with zero attached hydrogens (tertiary/aromatic N) is 2. The molecule has 0 unspecified atom stereocenters. The van der Waals surface area contributed by atoms with Gasteiger partial charge in [0, 0.05) is 23.7 Å². The molecule has 4 rings (SSSR count). The van der Waals surface area contributed by atoms with Crippen molar-refractivity contribution in [2.75, 3.05) is 7.05 Å². The van der Waals surface area contributed by atoms with Crippen LogP contribution in [-0.2, 0) is 0 Å². The van der Waals surface area contributed by atoms with Crippen LogP contribution in [0.5, 0.6) is 0 Å². The fraction of sp³-hybridized carbons (Fsp3) is 0.529. The highest BCUT2D eigenvalue weighted by molar-refractivity contribution is 6.14. The number of unbranched alkanes of at least 4 members (excludes halogenated alkanes) is 1. The molecule has 0 amide bonds. The van der Waals surface area contributed by atoms with E-state index in [1.807, 2.05) is 7.05 Å². The van der Waals surface area contributed by atoms with E-state index in [9.17, 15) is 0 Å². The van der Waals surface area contributed by atoms with Crippen LogP contribution >= 0.6 is 0 Å². The molecule has 0 bridgehead atoms. The second-order valence-electron chi connectivity index (χ2n) is 11.0. The molecule has 1 atom stereocenters. The van der Waals surface area contributed by atoms with Gasteiger partial charge in [-0.3, -0.25) is 9.98 Å². The van der Waals surface area contributed by atoms with E-state index in [1.165, 1.54) is 90.8 Å². The average Bonchev–Trinajstić information content (AvgIpc) is 2.89. The molecule has 1 heterocycles. The first-order chi connectivity index (χ1) is 17.4. The summed E-state index contributed by atoms with van der Waals surface area (Å²) in [6.45, 7) is 13.3. The smallest absolute Gasteiger partial charge is 0.0902 e. The molecule has 3 aromatic rings. The topological polar surface area (TPSA) is 25.2 Å². The molecule has 2 aromatic carbocycles. The van der Waals surface area contributed by atoms with E-state index in [1.54, 1.807) is 0 Å². The highest BCUT2D eigenvalue weighted by Gasteiger charge is 2.19. The highest BCUT2D eigenvalue weighted by atomic mass is 14.8. The van der Waals surface area contributed by atoms with Crippen molar-refractivity contribution in [1.29, 1.82) is 0 Å². The lowest BCUT2D eigenvalue weighted by molar-refractivity contribution is 0.443. The van der Waals surface area contributed by atoms with Gasteiger partial charge in [0.2, 0.25) is 0 Å². The second kappa shape index (κ2) is 13.7. The monoisotopic (exact) mass is 484 g/mol. The minimum Gasteiger partial charge on any atom is -0.286 e. The first-order valence-electron chi connectivity index (χ1n) is 14.3. The molecule has 0 saturated heterocycles. The first-order valence-corrected chi connectivity index (χ1v) is 14.3. The van der Waals surface area contributed by atoms with Crippen molar-refractivity contribution in [3.8, 4) is 0 Å². The van der Waals surface area contributed by atoms with Crippen LogP contribution in [0, 0.1) is 26.7 Å². The summed E-state index contributed by atoms with van der Waals surface area (Å²) in [4.78, 5) is 9.63. The Morgan fingerprint density at radius 2 is 1.72 bits per heavy atom. The van der Waals surface area contributed by atoms with Crippen molar-refractivity contribution in [3.63, 3.8) is 0 Å². The number of aliphatic imine (C=N–C) groups is 1. The quantitative estimate of drug-likeness (QED) is 0.306. The van der Waals surface area contributed by atoms with Gasteiger partial charge in [0.1, 0.15) is 0 Å². The third-order valence-electron chi connectivity index (χ3n) is 7.98. The van der Waals surface area contributed by atoms with E-state index >= 15 is 0 Å². The molecule has 194 valence electrons. The third-order valence-corrected chi connectivity index (χ3v) is 7.98. The van der Waals surface area contributed by atoms with Gasteiger partial charge in [-0.15, -0.1) is 0 Å². The molecular formula is C34H48N2. The molecule has 36 heavy (non-hydrogen) atoms. The van der Waals surface area contributed by atoms with Crippen LogP contribution in [0.2, 0.25) is 0 Å². The Hall–Kier alpha value is -2.48. The lowest BCUT2D eigenvalue weighted by Crippen LogP contribution is -2.11. The zero-order valence-corrected chi connectivity index (χ0v) is 24.0. The van der Waals surface area contributed by atoms with E-state index in [0.717, 1.165) is 23.0 Å². The predicted octanol–water partition coefficient (Wildman–Crippen LogP) is 9.90. The van der Waals surface area contributed by atoms with Gasteiger partial charge in [0.05, 0.1) is 11.4 Å². The van der Waals surface area contributed by atoms with Crippen LogP contribution in [0.3, 0.4) is 0 Å². The van der Waals surface area contributed by atoms with Crippen molar-refractivity contribution < 1.29 is 0 Å². The number of aromatic nitrogens is 1. The van der Waals surface area contributed by atoms with Crippen LogP contribution < -0.4 is 0 Å². The summed E-state index contributed by atoms with van der Waals surface area (Å²) in [5.74, 6) is 1.65. The van der Waals surface area contributed by atoms with Crippen molar-refractivity contribution in [3.05, 3.63) is 76.1 Å². The van der Waals surface area contributed by atoms with Gasteiger partial charge in [-0.05, 0) is 74.1 Å². The van der Waals surface area contributed by atoms with Crippen LogP contribution in [-0.4, -0.2) is 17.7 Å². The summed E-state index contributed by atoms with van der Waals surface area (Å²) in [6, 6.07) is 15.7. The first kappa shape index (κ1) is 28.1. The van der Waals surface area contributed by atoms with E-state index in [4.69, 9.17) is 9.98 Å². The Balaban J connectivity index is 0.000000392. The molecule has 0 radical (unpaired) electrons. The molecule has 0 spiro atoms. The van der Waals surface area contributed by atoms with E-state index in [-0.39, 0.29) is 0 Å². The zero-order valence-electron chi connectivity index (χ0n) is 24.0. The molecule has 2 heteroatoms. The van der Waals surface area contributed by atoms with Gasteiger partial charge in [0.25, 0.3) is 0 Å². The maximum Gasteiger partial charge on any atom is 0.0902 e. The molecule has 1 saturated carbocycles. The largest absolute Gasteiger partial charge is 0.286 e. The average molecular weight is 485 g/mol. The van der Waals surface area contributed by atoms with Gasteiger partial charge >= 0.3 is 0 Å². The molecule has 1 aliphatic rings. The SMILES string of the molecule is CCCC[C@H](C)CC.CN=C(c1cc2cc(C)ccc2c(C)n1)c1cc(C2CCCCC2)ccc1C. The van der Waals surface area contributed by atoms with Gasteiger partial charge in [-0.2, -0.15) is 0 Å². The van der Waals surface area contributed by atoms with Gasteiger partial charge in [-0.1, -0.05) is 102 Å². The second-order valence-corrected chi connectivity index (χ2v) is 11.0. The van der Waals surface area contributed by atoms with E-state index in [0.29, 0.717) is 5.92 Å². The maximum absolute atomic E-state index is 4.93. The van der Waals surface area contributed by atoms with Gasteiger partial charge < -0.3 is 0 Å². The van der Waals surface area contributed by atoms with Crippen molar-refractivity contribution in [1.82, 2.24) is 4.98 Å².